The number of hydrogen-bond donors (Lipinski definition) is 2. The summed E-state index contributed by atoms with van der Waals surface area (Å²) < 4.78 is 6.99. The molecule has 1 atom stereocenters. The Hall–Kier alpha value is -4.25. The van der Waals surface area contributed by atoms with Crippen LogP contribution in [0.5, 0.6) is 0 Å². The third kappa shape index (κ3) is 10.1. The lowest BCUT2D eigenvalue weighted by atomic mass is 10.1. The number of piperazine rings is 1. The first-order chi connectivity index (χ1) is 21.7. The second-order valence-corrected chi connectivity index (χ2v) is 11.4. The first kappa shape index (κ1) is 33.6. The maximum Gasteiger partial charge on any atom is 0.320 e. The highest BCUT2D eigenvalue weighted by atomic mass is 35.5. The highest BCUT2D eigenvalue weighted by molar-refractivity contribution is 6.32. The third-order valence-corrected chi connectivity index (χ3v) is 7.65. The number of nitriles is 1. The Morgan fingerprint density at radius 3 is 2.69 bits per heavy atom. The molecule has 14 heteroatoms. The van der Waals surface area contributed by atoms with Crippen LogP contribution in [0.15, 0.2) is 41.7 Å². The molecule has 3 heterocycles. The van der Waals surface area contributed by atoms with E-state index in [1.54, 1.807) is 35.9 Å². The SMILES string of the molecule is CCCCOC(=O)CN1CCN(CCON=C(C)c2cc(C(=O)NC(C)Cn3ccc(-c4ccc(C#N)c(Cl)c4)n3)[nH]n2)CC1. The zero-order valence-electron chi connectivity index (χ0n) is 26.0. The van der Waals surface area contributed by atoms with Gasteiger partial charge in [0.15, 0.2) is 0 Å². The van der Waals surface area contributed by atoms with Crippen molar-refractivity contribution in [1.29, 1.82) is 5.26 Å². The van der Waals surface area contributed by atoms with Gasteiger partial charge in [0.05, 0.1) is 36.0 Å². The van der Waals surface area contributed by atoms with Crippen LogP contribution < -0.4 is 5.32 Å². The van der Waals surface area contributed by atoms with Crippen LogP contribution in [0.2, 0.25) is 5.02 Å². The number of carbonyl (C=O) groups excluding carboxylic acids is 2. The zero-order valence-corrected chi connectivity index (χ0v) is 26.7. The number of rotatable bonds is 15. The third-order valence-electron chi connectivity index (χ3n) is 7.34. The van der Waals surface area contributed by atoms with Gasteiger partial charge in [-0.1, -0.05) is 36.2 Å². The van der Waals surface area contributed by atoms with Crippen LogP contribution in [0.4, 0.5) is 0 Å². The van der Waals surface area contributed by atoms with Crippen molar-refractivity contribution in [2.75, 3.05) is 52.5 Å². The molecule has 1 aromatic carbocycles. The lowest BCUT2D eigenvalue weighted by Gasteiger charge is -2.33. The normalized spacial score (nSPS) is 15.0. The number of aromatic nitrogens is 4. The van der Waals surface area contributed by atoms with E-state index in [0.717, 1.165) is 56.8 Å². The second kappa shape index (κ2) is 16.7. The fourth-order valence-corrected chi connectivity index (χ4v) is 4.95. The first-order valence-electron chi connectivity index (χ1n) is 15.1. The maximum absolute atomic E-state index is 12.8. The lowest BCUT2D eigenvalue weighted by molar-refractivity contribution is -0.145. The number of oxime groups is 1. The monoisotopic (exact) mass is 637 g/mol. The number of ether oxygens (including phenoxy) is 1. The van der Waals surface area contributed by atoms with Crippen LogP contribution in [0, 0.1) is 11.3 Å². The molecule has 1 fully saturated rings. The zero-order chi connectivity index (χ0) is 32.2. The fraction of sp³-hybridized carbons (Fsp3) is 0.484. The Morgan fingerprint density at radius 1 is 1.18 bits per heavy atom. The number of esters is 1. The van der Waals surface area contributed by atoms with Gasteiger partial charge in [0.2, 0.25) is 0 Å². The van der Waals surface area contributed by atoms with E-state index >= 15 is 0 Å². The Bertz CT molecular complexity index is 1500. The molecule has 0 bridgehead atoms. The second-order valence-electron chi connectivity index (χ2n) is 11.0. The minimum Gasteiger partial charge on any atom is -0.465 e. The number of benzene rings is 1. The van der Waals surface area contributed by atoms with Gasteiger partial charge in [-0.25, -0.2) is 0 Å². The predicted molar refractivity (Wildman–Crippen MR) is 170 cm³/mol. The van der Waals surface area contributed by atoms with Crippen LogP contribution in [0.1, 0.15) is 55.4 Å². The molecule has 3 aromatic rings. The summed E-state index contributed by atoms with van der Waals surface area (Å²) in [6.07, 6.45) is 3.73. The molecule has 1 amide bonds. The van der Waals surface area contributed by atoms with Gasteiger partial charge in [0.1, 0.15) is 29.8 Å². The van der Waals surface area contributed by atoms with Crippen molar-refractivity contribution < 1.29 is 19.2 Å². The van der Waals surface area contributed by atoms with Gasteiger partial charge < -0.3 is 14.9 Å². The quantitative estimate of drug-likeness (QED) is 0.111. The smallest absolute Gasteiger partial charge is 0.320 e. The van der Waals surface area contributed by atoms with Crippen LogP contribution in [-0.4, -0.2) is 106 Å². The Balaban J connectivity index is 1.16. The van der Waals surface area contributed by atoms with Gasteiger partial charge in [-0.15, -0.1) is 0 Å². The molecule has 2 aromatic heterocycles. The van der Waals surface area contributed by atoms with E-state index in [9.17, 15) is 9.59 Å². The van der Waals surface area contributed by atoms with Crippen molar-refractivity contribution in [2.45, 2.75) is 46.2 Å². The molecule has 1 aliphatic rings. The first-order valence-corrected chi connectivity index (χ1v) is 15.5. The Morgan fingerprint density at radius 2 is 1.96 bits per heavy atom. The number of unbranched alkanes of at least 4 members (excludes halogenated alkanes) is 1. The van der Waals surface area contributed by atoms with Gasteiger partial charge in [0.25, 0.3) is 5.91 Å². The molecule has 0 aliphatic carbocycles. The van der Waals surface area contributed by atoms with E-state index in [1.165, 1.54) is 0 Å². The van der Waals surface area contributed by atoms with Crippen molar-refractivity contribution in [3.63, 3.8) is 0 Å². The van der Waals surface area contributed by atoms with E-state index in [1.807, 2.05) is 25.3 Å². The number of nitrogens with zero attached hydrogens (tertiary/aromatic N) is 7. The molecule has 0 saturated carbocycles. The molecule has 2 N–H and O–H groups in total. The molecule has 1 aliphatic heterocycles. The fourth-order valence-electron chi connectivity index (χ4n) is 4.72. The molecule has 0 spiro atoms. The number of carbonyl (C=O) groups is 2. The summed E-state index contributed by atoms with van der Waals surface area (Å²) in [4.78, 5) is 34.7. The van der Waals surface area contributed by atoms with E-state index in [-0.39, 0.29) is 17.9 Å². The number of nitrogens with one attached hydrogen (secondary N) is 2. The average Bonchev–Trinajstić information content (AvgIpc) is 3.71. The summed E-state index contributed by atoms with van der Waals surface area (Å²) in [6, 6.07) is 10.5. The summed E-state index contributed by atoms with van der Waals surface area (Å²) >= 11 is 6.16. The molecule has 0 radical (unpaired) electrons. The standard InChI is InChI=1S/C31H40ClN9O4/c1-4-5-15-44-30(42)21-40-12-10-39(11-13-40)14-16-45-38-23(3)28-18-29(36-35-28)31(43)34-22(2)20-41-9-8-27(37-41)24-6-7-25(19-33)26(32)17-24/h6-9,17-18,22H,4-5,10-16,20-21H2,1-3H3,(H,34,43)(H,35,36). The number of amides is 1. The molecule has 240 valence electrons. The lowest BCUT2D eigenvalue weighted by Crippen LogP contribution is -2.48. The minimum absolute atomic E-state index is 0.158. The van der Waals surface area contributed by atoms with Crippen LogP contribution in [0.25, 0.3) is 11.3 Å². The summed E-state index contributed by atoms with van der Waals surface area (Å²) in [5.41, 5.74) is 3.31. The number of H-pyrrole nitrogens is 1. The van der Waals surface area contributed by atoms with Crippen molar-refractivity contribution in [1.82, 2.24) is 35.1 Å². The average molecular weight is 638 g/mol. The van der Waals surface area contributed by atoms with Crippen LogP contribution in [-0.2, 0) is 20.9 Å². The van der Waals surface area contributed by atoms with Gasteiger partial charge in [-0.05, 0) is 44.5 Å². The van der Waals surface area contributed by atoms with Crippen molar-refractivity contribution in [3.8, 4) is 17.3 Å². The summed E-state index contributed by atoms with van der Waals surface area (Å²) in [5, 5.41) is 28.1. The van der Waals surface area contributed by atoms with E-state index in [4.69, 9.17) is 26.4 Å². The largest absolute Gasteiger partial charge is 0.465 e. The molecule has 1 saturated heterocycles. The van der Waals surface area contributed by atoms with Crippen molar-refractivity contribution in [3.05, 3.63) is 58.5 Å². The Labute approximate surface area is 268 Å². The molecule has 1 unspecified atom stereocenters. The van der Waals surface area contributed by atoms with Gasteiger partial charge in [0, 0.05) is 50.5 Å². The molecule has 13 nitrogen and oxygen atoms in total. The van der Waals surface area contributed by atoms with Gasteiger partial charge in [-0.2, -0.15) is 15.5 Å². The van der Waals surface area contributed by atoms with Gasteiger partial charge >= 0.3 is 5.97 Å². The highest BCUT2D eigenvalue weighted by Gasteiger charge is 2.20. The summed E-state index contributed by atoms with van der Waals surface area (Å²) in [5.74, 6) is -0.454. The highest BCUT2D eigenvalue weighted by Crippen LogP contribution is 2.24. The number of hydrogen-bond acceptors (Lipinski definition) is 10. The number of aromatic amines is 1. The predicted octanol–water partition coefficient (Wildman–Crippen LogP) is 3.32. The van der Waals surface area contributed by atoms with Crippen LogP contribution in [0.3, 0.4) is 0 Å². The molecule has 45 heavy (non-hydrogen) atoms. The molecular formula is C31H40ClN9O4. The van der Waals surface area contributed by atoms with E-state index in [2.05, 4.69) is 42.5 Å². The van der Waals surface area contributed by atoms with Crippen LogP contribution >= 0.6 is 11.6 Å². The Kier molecular flexibility index (Phi) is 12.5. The molecule has 4 rings (SSSR count). The van der Waals surface area contributed by atoms with Gasteiger partial charge in [-0.3, -0.25) is 29.2 Å². The summed E-state index contributed by atoms with van der Waals surface area (Å²) in [7, 11) is 0. The van der Waals surface area contributed by atoms with Crippen molar-refractivity contribution >= 4 is 29.2 Å². The topological polar surface area (TPSA) is 154 Å². The van der Waals surface area contributed by atoms with E-state index < -0.39 is 0 Å². The molecular weight excluding hydrogens is 598 g/mol. The minimum atomic E-state index is -0.297. The number of halogens is 1. The summed E-state index contributed by atoms with van der Waals surface area (Å²) in [6.45, 7) is 11.4. The maximum atomic E-state index is 12.8. The van der Waals surface area contributed by atoms with E-state index in [0.29, 0.717) is 54.0 Å². The van der Waals surface area contributed by atoms with Crippen molar-refractivity contribution in [2.24, 2.45) is 5.16 Å².